The van der Waals surface area contributed by atoms with Gasteiger partial charge in [-0.15, -0.1) is 0 Å². The lowest BCUT2D eigenvalue weighted by Crippen LogP contribution is -1.92. The van der Waals surface area contributed by atoms with Crippen LogP contribution in [0.4, 0.5) is 0 Å². The summed E-state index contributed by atoms with van der Waals surface area (Å²) in [6, 6.07) is 70.8. The maximum Gasteiger partial charge on any atom is -0.00259 e. The minimum absolute atomic E-state index is 1.21. The predicted octanol–water partition coefficient (Wildman–Crippen LogP) is 13.5. The molecule has 9 rings (SSSR count). The lowest BCUT2D eigenvalue weighted by Gasteiger charge is -2.19. The van der Waals surface area contributed by atoms with E-state index in [0.29, 0.717) is 0 Å². The third kappa shape index (κ3) is 4.96. The summed E-state index contributed by atoms with van der Waals surface area (Å²) >= 11 is 0. The molecule has 0 aliphatic rings. The summed E-state index contributed by atoms with van der Waals surface area (Å²) in [6.45, 7) is 0. The second-order valence-electron chi connectivity index (χ2n) is 12.5. The third-order valence-corrected chi connectivity index (χ3v) is 9.67. The average molecular weight is 609 g/mol. The van der Waals surface area contributed by atoms with Crippen molar-refractivity contribution >= 4 is 32.3 Å². The molecule has 0 aliphatic carbocycles. The van der Waals surface area contributed by atoms with Crippen LogP contribution in [0.15, 0.2) is 194 Å². The highest BCUT2D eigenvalue weighted by molar-refractivity contribution is 6.22. The Kier molecular flexibility index (Phi) is 6.91. The van der Waals surface area contributed by atoms with Gasteiger partial charge in [-0.1, -0.05) is 182 Å². The monoisotopic (exact) mass is 608 g/mol. The molecule has 0 saturated carbocycles. The molecule has 9 aromatic carbocycles. The zero-order valence-corrected chi connectivity index (χ0v) is 26.5. The van der Waals surface area contributed by atoms with E-state index in [1.54, 1.807) is 0 Å². The molecule has 224 valence electrons. The highest BCUT2D eigenvalue weighted by atomic mass is 14.2. The van der Waals surface area contributed by atoms with Crippen molar-refractivity contribution < 1.29 is 0 Å². The van der Waals surface area contributed by atoms with E-state index in [4.69, 9.17) is 0 Å². The summed E-state index contributed by atoms with van der Waals surface area (Å²) in [4.78, 5) is 0. The van der Waals surface area contributed by atoms with E-state index < -0.39 is 0 Å². The lowest BCUT2D eigenvalue weighted by atomic mass is 9.84. The molecule has 0 heterocycles. The zero-order valence-electron chi connectivity index (χ0n) is 26.5. The first-order chi connectivity index (χ1) is 23.8. The van der Waals surface area contributed by atoms with Crippen molar-refractivity contribution in [3.8, 4) is 55.6 Å². The quantitative estimate of drug-likeness (QED) is 0.171. The smallest absolute Gasteiger partial charge is 0.00259 e. The molecule has 0 spiro atoms. The molecule has 0 atom stereocenters. The topological polar surface area (TPSA) is 0 Å². The first-order valence-electron chi connectivity index (χ1n) is 16.6. The Morgan fingerprint density at radius 2 is 0.583 bits per heavy atom. The molecule has 0 fully saturated rings. The van der Waals surface area contributed by atoms with E-state index in [9.17, 15) is 0 Å². The van der Waals surface area contributed by atoms with E-state index >= 15 is 0 Å². The van der Waals surface area contributed by atoms with Crippen molar-refractivity contribution in [1.29, 1.82) is 0 Å². The average Bonchev–Trinajstić information content (AvgIpc) is 3.17. The first kappa shape index (κ1) is 28.0. The molecule has 0 unspecified atom stereocenters. The minimum Gasteiger partial charge on any atom is -0.0622 e. The van der Waals surface area contributed by atoms with Crippen LogP contribution in [-0.4, -0.2) is 0 Å². The summed E-state index contributed by atoms with van der Waals surface area (Å²) < 4.78 is 0. The molecule has 0 bridgehead atoms. The van der Waals surface area contributed by atoms with Crippen LogP contribution in [0.25, 0.3) is 88.0 Å². The standard InChI is InChI=1S/C48H32/c1-3-11-33(12-4-1)36-19-21-38(22-20-36)41-29-30-45-46(32-41)48(42-28-25-35-15-7-8-16-40(35)31-42)44-18-10-9-17-43(44)47(45)39-26-23-37(24-27-39)34-13-5-2-6-14-34/h1-32H. The molecule has 0 nitrogen and oxygen atoms in total. The minimum atomic E-state index is 1.21. The Bertz CT molecular complexity index is 2560. The van der Waals surface area contributed by atoms with E-state index in [0.717, 1.165) is 0 Å². The first-order valence-corrected chi connectivity index (χ1v) is 16.6. The van der Waals surface area contributed by atoms with E-state index in [-0.39, 0.29) is 0 Å². The lowest BCUT2D eigenvalue weighted by molar-refractivity contribution is 1.60. The van der Waals surface area contributed by atoms with Gasteiger partial charge in [-0.25, -0.2) is 0 Å². The summed E-state index contributed by atoms with van der Waals surface area (Å²) in [7, 11) is 0. The van der Waals surface area contributed by atoms with Gasteiger partial charge in [0.2, 0.25) is 0 Å². The molecule has 0 N–H and O–H groups in total. The van der Waals surface area contributed by atoms with Crippen molar-refractivity contribution in [2.45, 2.75) is 0 Å². The van der Waals surface area contributed by atoms with Crippen LogP contribution in [0.2, 0.25) is 0 Å². The fraction of sp³-hybridized carbons (Fsp3) is 0. The van der Waals surface area contributed by atoms with Gasteiger partial charge >= 0.3 is 0 Å². The van der Waals surface area contributed by atoms with Crippen LogP contribution in [0.5, 0.6) is 0 Å². The summed E-state index contributed by atoms with van der Waals surface area (Å²) in [5.74, 6) is 0. The molecule has 48 heavy (non-hydrogen) atoms. The number of benzene rings is 9. The van der Waals surface area contributed by atoms with Crippen LogP contribution in [0.1, 0.15) is 0 Å². The number of hydrogen-bond acceptors (Lipinski definition) is 0. The molecule has 9 aromatic rings. The molecule has 0 aliphatic heterocycles. The van der Waals surface area contributed by atoms with Crippen LogP contribution >= 0.6 is 0 Å². The second kappa shape index (κ2) is 11.8. The van der Waals surface area contributed by atoms with Gasteiger partial charge in [0, 0.05) is 0 Å². The highest BCUT2D eigenvalue weighted by Gasteiger charge is 2.18. The highest BCUT2D eigenvalue weighted by Crippen LogP contribution is 2.45. The van der Waals surface area contributed by atoms with Gasteiger partial charge in [0.15, 0.2) is 0 Å². The van der Waals surface area contributed by atoms with Crippen molar-refractivity contribution in [3.05, 3.63) is 194 Å². The molecular formula is C48H32. The van der Waals surface area contributed by atoms with E-state index in [1.165, 1.54) is 88.0 Å². The van der Waals surface area contributed by atoms with Crippen molar-refractivity contribution in [2.24, 2.45) is 0 Å². The molecule has 0 radical (unpaired) electrons. The molecule has 0 aromatic heterocycles. The SMILES string of the molecule is c1ccc(-c2ccc(-c3ccc4c(-c5ccc(-c6ccccc6)cc5)c5ccccc5c(-c5ccc6ccccc6c5)c4c3)cc2)cc1. The van der Waals surface area contributed by atoms with Crippen LogP contribution in [0.3, 0.4) is 0 Å². The summed E-state index contributed by atoms with van der Waals surface area (Å²) in [5, 5.41) is 7.55. The fourth-order valence-corrected chi connectivity index (χ4v) is 7.27. The maximum atomic E-state index is 2.41. The Balaban J connectivity index is 1.28. The van der Waals surface area contributed by atoms with Crippen molar-refractivity contribution in [2.75, 3.05) is 0 Å². The predicted molar refractivity (Wildman–Crippen MR) is 206 cm³/mol. The normalized spacial score (nSPS) is 11.3. The summed E-state index contributed by atoms with van der Waals surface area (Å²) in [5.41, 5.74) is 12.3. The molecular weight excluding hydrogens is 577 g/mol. The molecule has 0 heteroatoms. The zero-order chi connectivity index (χ0) is 31.9. The van der Waals surface area contributed by atoms with Crippen LogP contribution in [-0.2, 0) is 0 Å². The van der Waals surface area contributed by atoms with E-state index in [1.807, 2.05) is 0 Å². The number of rotatable bonds is 5. The Morgan fingerprint density at radius 1 is 0.188 bits per heavy atom. The summed E-state index contributed by atoms with van der Waals surface area (Å²) in [6.07, 6.45) is 0. The third-order valence-electron chi connectivity index (χ3n) is 9.67. The van der Waals surface area contributed by atoms with Crippen LogP contribution < -0.4 is 0 Å². The Morgan fingerprint density at radius 3 is 1.19 bits per heavy atom. The van der Waals surface area contributed by atoms with Gasteiger partial charge in [-0.2, -0.15) is 0 Å². The van der Waals surface area contributed by atoms with E-state index in [2.05, 4.69) is 194 Å². The van der Waals surface area contributed by atoms with Crippen molar-refractivity contribution in [3.63, 3.8) is 0 Å². The van der Waals surface area contributed by atoms with Gasteiger partial charge in [0.1, 0.15) is 0 Å². The second-order valence-corrected chi connectivity index (χ2v) is 12.5. The van der Waals surface area contributed by atoms with Crippen LogP contribution in [0, 0.1) is 0 Å². The molecule has 0 amide bonds. The van der Waals surface area contributed by atoms with Gasteiger partial charge in [0.05, 0.1) is 0 Å². The Labute approximate surface area is 281 Å². The number of fused-ring (bicyclic) bond motifs is 3. The van der Waals surface area contributed by atoms with Gasteiger partial charge in [0.25, 0.3) is 0 Å². The Hall–Kier alpha value is -6.24. The van der Waals surface area contributed by atoms with Gasteiger partial charge in [-0.3, -0.25) is 0 Å². The van der Waals surface area contributed by atoms with Gasteiger partial charge in [-0.05, 0) is 100 Å². The fourth-order valence-electron chi connectivity index (χ4n) is 7.27. The van der Waals surface area contributed by atoms with Crippen molar-refractivity contribution in [1.82, 2.24) is 0 Å². The van der Waals surface area contributed by atoms with Gasteiger partial charge < -0.3 is 0 Å². The molecule has 0 saturated heterocycles. The largest absolute Gasteiger partial charge is 0.0622 e. The maximum absolute atomic E-state index is 2.41. The number of hydrogen-bond donors (Lipinski definition) is 0.